The predicted octanol–water partition coefficient (Wildman–Crippen LogP) is 5.20. The van der Waals surface area contributed by atoms with Crippen molar-refractivity contribution in [3.63, 3.8) is 0 Å². The second-order valence-corrected chi connectivity index (χ2v) is 8.18. The quantitative estimate of drug-likeness (QED) is 0.698. The number of hydrogen-bond donors (Lipinski definition) is 1. The summed E-state index contributed by atoms with van der Waals surface area (Å²) in [7, 11) is 0. The summed E-state index contributed by atoms with van der Waals surface area (Å²) < 4.78 is 0. The summed E-state index contributed by atoms with van der Waals surface area (Å²) in [5.41, 5.74) is 2.60. The van der Waals surface area contributed by atoms with Gasteiger partial charge in [-0.15, -0.1) is 0 Å². The molecule has 2 atom stereocenters. The van der Waals surface area contributed by atoms with Crippen molar-refractivity contribution in [2.45, 2.75) is 61.8 Å². The third-order valence-electron chi connectivity index (χ3n) is 4.88. The summed E-state index contributed by atoms with van der Waals surface area (Å²) >= 11 is 0. The summed E-state index contributed by atoms with van der Waals surface area (Å²) in [5.74, 6) is -1.30. The summed E-state index contributed by atoms with van der Waals surface area (Å²) in [6.45, 7) is 15.5. The Morgan fingerprint density at radius 3 is 1.83 bits per heavy atom. The molecule has 0 amide bonds. The lowest BCUT2D eigenvalue weighted by atomic mass is 9.64. The number of carboxylic acids is 1. The number of carbonyl (C=O) groups is 2. The number of benzene rings is 1. The number of aryl methyl sites for hydroxylation is 3. The van der Waals surface area contributed by atoms with Gasteiger partial charge in [0.1, 0.15) is 0 Å². The largest absolute Gasteiger partial charge is 0.481 e. The fourth-order valence-corrected chi connectivity index (χ4v) is 4.25. The van der Waals surface area contributed by atoms with Crippen LogP contribution >= 0.6 is 0 Å². The van der Waals surface area contributed by atoms with E-state index < -0.39 is 17.3 Å². The Morgan fingerprint density at radius 2 is 1.50 bits per heavy atom. The topological polar surface area (TPSA) is 54.4 Å². The van der Waals surface area contributed by atoms with Gasteiger partial charge in [0.25, 0.3) is 0 Å². The van der Waals surface area contributed by atoms with Crippen LogP contribution in [0.15, 0.2) is 12.1 Å². The van der Waals surface area contributed by atoms with E-state index in [4.69, 9.17) is 0 Å². The number of carboxylic acid groups (broad SMARTS) is 1. The maximum absolute atomic E-state index is 13.4. The number of ketones is 1. The van der Waals surface area contributed by atoms with Gasteiger partial charge >= 0.3 is 5.97 Å². The molecule has 24 heavy (non-hydrogen) atoms. The molecular formula is C21H32O3. The third-order valence-corrected chi connectivity index (χ3v) is 4.88. The molecule has 0 saturated carbocycles. The first-order valence-electron chi connectivity index (χ1n) is 8.77. The van der Waals surface area contributed by atoms with Crippen LogP contribution in [0.5, 0.6) is 0 Å². The molecule has 0 heterocycles. The van der Waals surface area contributed by atoms with Crippen LogP contribution in [0.1, 0.15) is 68.1 Å². The van der Waals surface area contributed by atoms with Crippen LogP contribution in [0.3, 0.4) is 0 Å². The van der Waals surface area contributed by atoms with E-state index in [0.717, 1.165) is 16.7 Å². The number of hydrogen-bond acceptors (Lipinski definition) is 2. The summed E-state index contributed by atoms with van der Waals surface area (Å²) in [5, 5.41) is 9.93. The lowest BCUT2D eigenvalue weighted by Crippen LogP contribution is -2.44. The minimum absolute atomic E-state index is 0.0365. The van der Waals surface area contributed by atoms with E-state index in [0.29, 0.717) is 12.0 Å². The Morgan fingerprint density at radius 1 is 1.04 bits per heavy atom. The van der Waals surface area contributed by atoms with Gasteiger partial charge < -0.3 is 5.11 Å². The number of aliphatic carboxylic acids is 1. The monoisotopic (exact) mass is 332 g/mol. The normalized spacial score (nSPS) is 15.4. The van der Waals surface area contributed by atoms with Crippen molar-refractivity contribution >= 4 is 11.8 Å². The second-order valence-electron chi connectivity index (χ2n) is 8.18. The van der Waals surface area contributed by atoms with Gasteiger partial charge in [0.05, 0.1) is 5.41 Å². The van der Waals surface area contributed by atoms with Crippen molar-refractivity contribution in [2.24, 2.45) is 23.2 Å². The Balaban J connectivity index is 3.50. The van der Waals surface area contributed by atoms with Crippen LogP contribution in [0.4, 0.5) is 0 Å². The van der Waals surface area contributed by atoms with Crippen LogP contribution in [0.2, 0.25) is 0 Å². The molecule has 0 aliphatic rings. The van der Waals surface area contributed by atoms with Crippen molar-refractivity contribution in [3.8, 4) is 0 Å². The van der Waals surface area contributed by atoms with Crippen LogP contribution in [0, 0.1) is 43.9 Å². The molecule has 1 aromatic rings. The van der Waals surface area contributed by atoms with E-state index in [2.05, 4.69) is 0 Å². The first kappa shape index (κ1) is 20.4. The van der Waals surface area contributed by atoms with Crippen molar-refractivity contribution < 1.29 is 14.7 Å². The summed E-state index contributed by atoms with van der Waals surface area (Å²) in [6.07, 6.45) is 0.487. The standard InChI is InChI=1S/C21H32O3/c1-12(2)11-21(8,20(23)24)18(13(3)4)19(22)17-15(6)9-14(5)10-16(17)7/h9-10,12-13,18H,11H2,1-8H3,(H,23,24). The maximum Gasteiger partial charge on any atom is 0.310 e. The second kappa shape index (κ2) is 7.50. The van der Waals surface area contributed by atoms with Crippen molar-refractivity contribution in [3.05, 3.63) is 34.4 Å². The Hall–Kier alpha value is -1.64. The summed E-state index contributed by atoms with van der Waals surface area (Å²) in [6, 6.07) is 4.00. The highest BCUT2D eigenvalue weighted by molar-refractivity contribution is 6.03. The molecule has 1 aromatic carbocycles. The molecule has 3 nitrogen and oxygen atoms in total. The van der Waals surface area contributed by atoms with Crippen LogP contribution < -0.4 is 0 Å². The van der Waals surface area contributed by atoms with Crippen LogP contribution in [-0.2, 0) is 4.79 Å². The Bertz CT molecular complexity index is 605. The van der Waals surface area contributed by atoms with Crippen molar-refractivity contribution in [1.82, 2.24) is 0 Å². The highest BCUT2D eigenvalue weighted by Crippen LogP contribution is 2.42. The molecular weight excluding hydrogens is 300 g/mol. The van der Waals surface area contributed by atoms with Gasteiger partial charge in [0.2, 0.25) is 0 Å². The fraction of sp³-hybridized carbons (Fsp3) is 0.619. The Kier molecular flexibility index (Phi) is 6.38. The van der Waals surface area contributed by atoms with Gasteiger partial charge in [-0.2, -0.15) is 0 Å². The number of Topliss-reactive ketones (excluding diaryl/α,β-unsaturated/α-hetero) is 1. The van der Waals surface area contributed by atoms with Gasteiger partial charge in [-0.3, -0.25) is 9.59 Å². The van der Waals surface area contributed by atoms with E-state index in [1.807, 2.05) is 60.6 Å². The fourth-order valence-electron chi connectivity index (χ4n) is 4.25. The molecule has 0 aliphatic heterocycles. The van der Waals surface area contributed by atoms with Gasteiger partial charge in [-0.05, 0) is 57.1 Å². The van der Waals surface area contributed by atoms with E-state index in [-0.39, 0.29) is 17.6 Å². The average molecular weight is 332 g/mol. The summed E-state index contributed by atoms with van der Waals surface area (Å²) in [4.78, 5) is 25.5. The minimum Gasteiger partial charge on any atom is -0.481 e. The van der Waals surface area contributed by atoms with E-state index in [9.17, 15) is 14.7 Å². The third kappa shape index (κ3) is 4.06. The zero-order valence-electron chi connectivity index (χ0n) is 16.4. The molecule has 0 aliphatic carbocycles. The smallest absolute Gasteiger partial charge is 0.310 e. The van der Waals surface area contributed by atoms with Gasteiger partial charge in [-0.1, -0.05) is 45.4 Å². The lowest BCUT2D eigenvalue weighted by molar-refractivity contribution is -0.152. The molecule has 3 heteroatoms. The van der Waals surface area contributed by atoms with Gasteiger partial charge in [-0.25, -0.2) is 0 Å². The predicted molar refractivity (Wildman–Crippen MR) is 98.5 cm³/mol. The molecule has 0 radical (unpaired) electrons. The molecule has 134 valence electrons. The Labute approximate surface area is 146 Å². The van der Waals surface area contributed by atoms with Crippen molar-refractivity contribution in [1.29, 1.82) is 0 Å². The first-order chi connectivity index (χ1) is 10.9. The van der Waals surface area contributed by atoms with Crippen molar-refractivity contribution in [2.75, 3.05) is 0 Å². The SMILES string of the molecule is Cc1cc(C)c(C(=O)C(C(C)C)C(C)(CC(C)C)C(=O)O)c(C)c1. The zero-order chi connectivity index (χ0) is 18.8. The molecule has 1 N–H and O–H groups in total. The molecule has 0 fully saturated rings. The molecule has 0 aromatic heterocycles. The maximum atomic E-state index is 13.4. The average Bonchev–Trinajstić information content (AvgIpc) is 2.35. The zero-order valence-corrected chi connectivity index (χ0v) is 16.4. The van der Waals surface area contributed by atoms with E-state index >= 15 is 0 Å². The molecule has 0 spiro atoms. The van der Waals surface area contributed by atoms with Crippen LogP contribution in [-0.4, -0.2) is 16.9 Å². The highest BCUT2D eigenvalue weighted by atomic mass is 16.4. The number of carbonyl (C=O) groups excluding carboxylic acids is 1. The van der Waals surface area contributed by atoms with Gasteiger partial charge in [0, 0.05) is 11.5 Å². The molecule has 1 rings (SSSR count). The van der Waals surface area contributed by atoms with E-state index in [1.54, 1.807) is 6.92 Å². The molecule has 0 saturated heterocycles. The van der Waals surface area contributed by atoms with Gasteiger partial charge in [0.15, 0.2) is 5.78 Å². The van der Waals surface area contributed by atoms with Crippen LogP contribution in [0.25, 0.3) is 0 Å². The number of rotatable bonds is 7. The first-order valence-corrected chi connectivity index (χ1v) is 8.77. The molecule has 0 bridgehead atoms. The highest BCUT2D eigenvalue weighted by Gasteiger charge is 2.47. The van der Waals surface area contributed by atoms with E-state index in [1.165, 1.54) is 0 Å². The molecule has 2 unspecified atom stereocenters. The minimum atomic E-state index is -1.07. The lowest BCUT2D eigenvalue weighted by Gasteiger charge is -2.37.